The number of nitrogens with one attached hydrogen (secondary N) is 1. The molecule has 1 N–H and O–H groups in total. The lowest BCUT2D eigenvalue weighted by Crippen LogP contribution is -1.79. The normalized spacial score (nSPS) is 11.2. The van der Waals surface area contributed by atoms with Crippen LogP contribution in [0.1, 0.15) is 5.69 Å². The lowest BCUT2D eigenvalue weighted by atomic mass is 10.2. The van der Waals surface area contributed by atoms with Gasteiger partial charge in [0, 0.05) is 22.0 Å². The second-order valence-electron chi connectivity index (χ2n) is 3.52. The third-order valence-electron chi connectivity index (χ3n) is 2.50. The number of aromatic nitrogens is 2. The number of pyridine rings is 1. The standard InChI is InChI=1S/C12H10N2/c1-8-6-7-10-9-4-2-3-5-11(9)14-12(10)13-8/h2-7H,1H3,(H,13,14). The van der Waals surface area contributed by atoms with Gasteiger partial charge in [0.25, 0.3) is 0 Å². The second-order valence-corrected chi connectivity index (χ2v) is 3.52. The maximum absolute atomic E-state index is 4.46. The van der Waals surface area contributed by atoms with Crippen molar-refractivity contribution < 1.29 is 0 Å². The number of fused-ring (bicyclic) bond motifs is 3. The Kier molecular flexibility index (Phi) is 1.39. The van der Waals surface area contributed by atoms with Crippen molar-refractivity contribution in [3.8, 4) is 0 Å². The summed E-state index contributed by atoms with van der Waals surface area (Å²) in [6, 6.07) is 12.4. The van der Waals surface area contributed by atoms with Gasteiger partial charge in [0.1, 0.15) is 5.65 Å². The van der Waals surface area contributed by atoms with E-state index in [4.69, 9.17) is 0 Å². The molecule has 0 bridgehead atoms. The van der Waals surface area contributed by atoms with E-state index < -0.39 is 0 Å². The van der Waals surface area contributed by atoms with Crippen LogP contribution in [0, 0.1) is 6.92 Å². The fourth-order valence-electron chi connectivity index (χ4n) is 1.82. The number of rotatable bonds is 0. The Morgan fingerprint density at radius 2 is 1.86 bits per heavy atom. The molecule has 0 amide bonds. The van der Waals surface area contributed by atoms with Crippen molar-refractivity contribution in [1.82, 2.24) is 9.97 Å². The van der Waals surface area contributed by atoms with Gasteiger partial charge in [-0.05, 0) is 25.1 Å². The molecule has 14 heavy (non-hydrogen) atoms. The summed E-state index contributed by atoms with van der Waals surface area (Å²) < 4.78 is 0. The fraction of sp³-hybridized carbons (Fsp3) is 0.0833. The Morgan fingerprint density at radius 1 is 1.00 bits per heavy atom. The third kappa shape index (κ3) is 0.940. The van der Waals surface area contributed by atoms with Gasteiger partial charge in [-0.3, -0.25) is 0 Å². The van der Waals surface area contributed by atoms with Crippen molar-refractivity contribution in [3.05, 3.63) is 42.1 Å². The van der Waals surface area contributed by atoms with Crippen LogP contribution in [0.15, 0.2) is 36.4 Å². The fourth-order valence-corrected chi connectivity index (χ4v) is 1.82. The zero-order valence-corrected chi connectivity index (χ0v) is 7.91. The molecular formula is C12H10N2. The van der Waals surface area contributed by atoms with Crippen LogP contribution < -0.4 is 0 Å². The predicted octanol–water partition coefficient (Wildman–Crippen LogP) is 3.02. The van der Waals surface area contributed by atoms with E-state index in [0.717, 1.165) is 16.9 Å². The summed E-state index contributed by atoms with van der Waals surface area (Å²) >= 11 is 0. The monoisotopic (exact) mass is 182 g/mol. The van der Waals surface area contributed by atoms with Crippen molar-refractivity contribution in [2.45, 2.75) is 6.92 Å². The van der Waals surface area contributed by atoms with Crippen LogP contribution in [0.3, 0.4) is 0 Å². The number of benzene rings is 1. The average Bonchev–Trinajstić information content (AvgIpc) is 2.54. The van der Waals surface area contributed by atoms with Gasteiger partial charge in [-0.2, -0.15) is 0 Å². The van der Waals surface area contributed by atoms with E-state index >= 15 is 0 Å². The largest absolute Gasteiger partial charge is 0.339 e. The van der Waals surface area contributed by atoms with Gasteiger partial charge >= 0.3 is 0 Å². The van der Waals surface area contributed by atoms with Crippen LogP contribution in [0.5, 0.6) is 0 Å². The van der Waals surface area contributed by atoms with Crippen LogP contribution in [0.4, 0.5) is 0 Å². The van der Waals surface area contributed by atoms with Gasteiger partial charge in [0.05, 0.1) is 0 Å². The molecule has 0 atom stereocenters. The lowest BCUT2D eigenvalue weighted by Gasteiger charge is -1.91. The quantitative estimate of drug-likeness (QED) is 0.568. The number of H-pyrrole nitrogens is 1. The minimum atomic E-state index is 0.978. The molecule has 0 saturated carbocycles. The highest BCUT2D eigenvalue weighted by molar-refractivity contribution is 6.05. The van der Waals surface area contributed by atoms with Crippen molar-refractivity contribution in [2.24, 2.45) is 0 Å². The summed E-state index contributed by atoms with van der Waals surface area (Å²) in [4.78, 5) is 7.76. The molecule has 2 heterocycles. The summed E-state index contributed by atoms with van der Waals surface area (Å²) in [5.41, 5.74) is 3.18. The summed E-state index contributed by atoms with van der Waals surface area (Å²) in [5, 5.41) is 2.45. The summed E-state index contributed by atoms with van der Waals surface area (Å²) in [5.74, 6) is 0. The molecule has 0 saturated heterocycles. The molecule has 0 aliphatic carbocycles. The van der Waals surface area contributed by atoms with Crippen molar-refractivity contribution in [2.75, 3.05) is 0 Å². The Labute approximate surface area is 81.6 Å². The van der Waals surface area contributed by atoms with E-state index in [2.05, 4.69) is 34.2 Å². The van der Waals surface area contributed by atoms with Gasteiger partial charge < -0.3 is 4.98 Å². The molecule has 0 aliphatic heterocycles. The van der Waals surface area contributed by atoms with Crippen molar-refractivity contribution >= 4 is 21.9 Å². The van der Waals surface area contributed by atoms with Crippen LogP contribution in [0.25, 0.3) is 21.9 Å². The van der Waals surface area contributed by atoms with E-state index in [1.165, 1.54) is 10.8 Å². The van der Waals surface area contributed by atoms with Crippen molar-refractivity contribution in [3.63, 3.8) is 0 Å². The minimum Gasteiger partial charge on any atom is -0.339 e. The molecule has 2 heteroatoms. The predicted molar refractivity (Wildman–Crippen MR) is 58.3 cm³/mol. The molecule has 1 aromatic carbocycles. The highest BCUT2D eigenvalue weighted by Gasteiger charge is 2.03. The molecule has 68 valence electrons. The van der Waals surface area contributed by atoms with Crippen molar-refractivity contribution in [1.29, 1.82) is 0 Å². The van der Waals surface area contributed by atoms with E-state index in [0.29, 0.717) is 0 Å². The number of hydrogen-bond acceptors (Lipinski definition) is 1. The molecular weight excluding hydrogens is 172 g/mol. The van der Waals surface area contributed by atoms with Gasteiger partial charge in [0.15, 0.2) is 0 Å². The highest BCUT2D eigenvalue weighted by Crippen LogP contribution is 2.23. The zero-order chi connectivity index (χ0) is 9.54. The first-order valence-electron chi connectivity index (χ1n) is 4.69. The summed E-state index contributed by atoms with van der Waals surface area (Å²) in [6.45, 7) is 2.00. The number of aromatic amines is 1. The van der Waals surface area contributed by atoms with Crippen LogP contribution in [-0.4, -0.2) is 9.97 Å². The molecule has 0 spiro atoms. The molecule has 3 aromatic rings. The van der Waals surface area contributed by atoms with Crippen LogP contribution >= 0.6 is 0 Å². The van der Waals surface area contributed by atoms with Crippen LogP contribution in [0.2, 0.25) is 0 Å². The molecule has 0 unspecified atom stereocenters. The molecule has 2 aromatic heterocycles. The van der Waals surface area contributed by atoms with E-state index in [9.17, 15) is 0 Å². The SMILES string of the molecule is Cc1ccc2c(n1)[nH]c1ccccc12. The molecule has 3 rings (SSSR count). The average molecular weight is 182 g/mol. The maximum Gasteiger partial charge on any atom is 0.138 e. The highest BCUT2D eigenvalue weighted by atomic mass is 14.9. The number of nitrogens with zero attached hydrogens (tertiary/aromatic N) is 1. The lowest BCUT2D eigenvalue weighted by molar-refractivity contribution is 1.23. The third-order valence-corrected chi connectivity index (χ3v) is 2.50. The molecule has 0 aliphatic rings. The Bertz CT molecular complexity index is 608. The van der Waals surface area contributed by atoms with Gasteiger partial charge in [-0.15, -0.1) is 0 Å². The number of hydrogen-bond donors (Lipinski definition) is 1. The molecule has 0 fully saturated rings. The Balaban J connectivity index is 2.57. The summed E-state index contributed by atoms with van der Waals surface area (Å²) in [7, 11) is 0. The van der Waals surface area contributed by atoms with Gasteiger partial charge in [-0.1, -0.05) is 18.2 Å². The van der Waals surface area contributed by atoms with Gasteiger partial charge in [0.2, 0.25) is 0 Å². The second kappa shape index (κ2) is 2.58. The van der Waals surface area contributed by atoms with E-state index in [1.807, 2.05) is 19.1 Å². The van der Waals surface area contributed by atoms with Gasteiger partial charge in [-0.25, -0.2) is 4.98 Å². The summed E-state index contributed by atoms with van der Waals surface area (Å²) in [6.07, 6.45) is 0. The first kappa shape index (κ1) is 7.56. The molecule has 0 radical (unpaired) electrons. The van der Waals surface area contributed by atoms with Crippen LogP contribution in [-0.2, 0) is 0 Å². The van der Waals surface area contributed by atoms with E-state index in [-0.39, 0.29) is 0 Å². The topological polar surface area (TPSA) is 28.7 Å². The van der Waals surface area contributed by atoms with E-state index in [1.54, 1.807) is 0 Å². The number of aryl methyl sites for hydroxylation is 1. The number of para-hydroxylation sites is 1. The molecule has 2 nitrogen and oxygen atoms in total. The zero-order valence-electron chi connectivity index (χ0n) is 7.91. The first-order valence-corrected chi connectivity index (χ1v) is 4.69. The maximum atomic E-state index is 4.46. The smallest absolute Gasteiger partial charge is 0.138 e. The minimum absolute atomic E-state index is 0.978. The Hall–Kier alpha value is -1.83. The Morgan fingerprint density at radius 3 is 2.79 bits per heavy atom. The first-order chi connectivity index (χ1) is 6.84.